The van der Waals surface area contributed by atoms with Gasteiger partial charge in [0, 0.05) is 12.1 Å². The van der Waals surface area contributed by atoms with Gasteiger partial charge in [-0.2, -0.15) is 0 Å². The molecule has 7 heteroatoms. The molecule has 1 aromatic carbocycles. The summed E-state index contributed by atoms with van der Waals surface area (Å²) in [5.74, 6) is -0.594. The molecule has 0 spiro atoms. The zero-order valence-corrected chi connectivity index (χ0v) is 11.1. The third-order valence-corrected chi connectivity index (χ3v) is 3.36. The number of carbonyl (C=O) groups excluding carboxylic acids is 2. The van der Waals surface area contributed by atoms with Crippen molar-refractivity contribution in [1.82, 2.24) is 10.3 Å². The zero-order valence-electron chi connectivity index (χ0n) is 10.3. The van der Waals surface area contributed by atoms with E-state index in [-0.39, 0.29) is 24.8 Å². The van der Waals surface area contributed by atoms with Crippen LogP contribution >= 0.6 is 11.3 Å². The summed E-state index contributed by atoms with van der Waals surface area (Å²) in [6.45, 7) is 0.244. The fraction of sp³-hybridized carbons (Fsp3) is 0.250. The molecule has 0 saturated heterocycles. The molecule has 0 fully saturated rings. The minimum absolute atomic E-state index is 0.151. The SMILES string of the molecule is COC(=O)CCNC(=O)c1ccc2nc(N)sc2c1. The van der Waals surface area contributed by atoms with Crippen LogP contribution in [0.4, 0.5) is 5.13 Å². The summed E-state index contributed by atoms with van der Waals surface area (Å²) in [5, 5.41) is 3.12. The van der Waals surface area contributed by atoms with Crippen LogP contribution in [0.25, 0.3) is 10.2 Å². The van der Waals surface area contributed by atoms with Crippen LogP contribution in [-0.4, -0.2) is 30.5 Å². The van der Waals surface area contributed by atoms with Crippen LogP contribution in [0, 0.1) is 0 Å². The maximum atomic E-state index is 11.9. The van der Waals surface area contributed by atoms with E-state index in [2.05, 4.69) is 15.0 Å². The van der Waals surface area contributed by atoms with Gasteiger partial charge in [-0.25, -0.2) is 4.98 Å². The molecule has 6 nitrogen and oxygen atoms in total. The highest BCUT2D eigenvalue weighted by molar-refractivity contribution is 7.22. The van der Waals surface area contributed by atoms with Gasteiger partial charge in [0.15, 0.2) is 5.13 Å². The van der Waals surface area contributed by atoms with Crippen LogP contribution < -0.4 is 11.1 Å². The summed E-state index contributed by atoms with van der Waals surface area (Å²) in [5.41, 5.74) is 6.89. The van der Waals surface area contributed by atoms with Crippen molar-refractivity contribution in [1.29, 1.82) is 0 Å². The number of benzene rings is 1. The van der Waals surface area contributed by atoms with Crippen LogP contribution in [-0.2, 0) is 9.53 Å². The molecule has 3 N–H and O–H groups in total. The van der Waals surface area contributed by atoms with E-state index in [0.29, 0.717) is 10.7 Å². The van der Waals surface area contributed by atoms with Gasteiger partial charge >= 0.3 is 5.97 Å². The lowest BCUT2D eigenvalue weighted by molar-refractivity contribution is -0.140. The number of fused-ring (bicyclic) bond motifs is 1. The summed E-state index contributed by atoms with van der Waals surface area (Å²) in [4.78, 5) is 26.9. The second-order valence-electron chi connectivity index (χ2n) is 3.82. The molecule has 1 amide bonds. The Kier molecular flexibility index (Phi) is 3.96. The molecule has 0 atom stereocenters. The second-order valence-corrected chi connectivity index (χ2v) is 4.88. The van der Waals surface area contributed by atoms with E-state index < -0.39 is 0 Å². The Bertz CT molecular complexity index is 624. The molecule has 1 aromatic heterocycles. The molecule has 0 aliphatic carbocycles. The minimum Gasteiger partial charge on any atom is -0.469 e. The number of aromatic nitrogens is 1. The van der Waals surface area contributed by atoms with Gasteiger partial charge in [-0.1, -0.05) is 11.3 Å². The molecule has 0 aliphatic rings. The van der Waals surface area contributed by atoms with Crippen molar-refractivity contribution in [3.05, 3.63) is 23.8 Å². The first-order chi connectivity index (χ1) is 9.10. The number of amides is 1. The zero-order chi connectivity index (χ0) is 13.8. The third kappa shape index (κ3) is 3.19. The number of esters is 1. The summed E-state index contributed by atoms with van der Waals surface area (Å²) < 4.78 is 5.35. The number of nitrogens with one attached hydrogen (secondary N) is 1. The fourth-order valence-corrected chi connectivity index (χ4v) is 2.34. The van der Waals surface area contributed by atoms with Crippen LogP contribution in [0.2, 0.25) is 0 Å². The van der Waals surface area contributed by atoms with E-state index in [0.717, 1.165) is 10.2 Å². The summed E-state index contributed by atoms with van der Waals surface area (Å²) in [6, 6.07) is 5.16. The summed E-state index contributed by atoms with van der Waals surface area (Å²) in [7, 11) is 1.31. The first-order valence-corrected chi connectivity index (χ1v) is 6.43. The van der Waals surface area contributed by atoms with Crippen molar-refractivity contribution in [2.45, 2.75) is 6.42 Å². The molecule has 1 heterocycles. The van der Waals surface area contributed by atoms with Gasteiger partial charge in [0.1, 0.15) is 0 Å². The number of carbonyl (C=O) groups is 2. The van der Waals surface area contributed by atoms with E-state index in [9.17, 15) is 9.59 Å². The molecule has 0 radical (unpaired) electrons. The highest BCUT2D eigenvalue weighted by Crippen LogP contribution is 2.24. The molecule has 0 aliphatic heterocycles. The van der Waals surface area contributed by atoms with Crippen molar-refractivity contribution in [2.75, 3.05) is 19.4 Å². The number of nitrogens with two attached hydrogens (primary N) is 1. The smallest absolute Gasteiger partial charge is 0.307 e. The third-order valence-electron chi connectivity index (χ3n) is 2.51. The molecule has 2 aromatic rings. The number of nitrogens with zero attached hydrogens (tertiary/aromatic N) is 1. The summed E-state index contributed by atoms with van der Waals surface area (Å²) in [6.07, 6.45) is 0.151. The minimum atomic E-state index is -0.356. The molecule has 19 heavy (non-hydrogen) atoms. The molecule has 0 saturated carbocycles. The van der Waals surface area contributed by atoms with Gasteiger partial charge in [0.2, 0.25) is 0 Å². The van der Waals surface area contributed by atoms with E-state index in [4.69, 9.17) is 5.73 Å². The lowest BCUT2D eigenvalue weighted by Crippen LogP contribution is -2.26. The van der Waals surface area contributed by atoms with E-state index in [1.54, 1.807) is 18.2 Å². The van der Waals surface area contributed by atoms with Crippen LogP contribution in [0.1, 0.15) is 16.8 Å². The van der Waals surface area contributed by atoms with Crippen LogP contribution in [0.3, 0.4) is 0 Å². The first kappa shape index (κ1) is 13.3. The predicted molar refractivity (Wildman–Crippen MR) is 73.0 cm³/mol. The maximum absolute atomic E-state index is 11.9. The fourth-order valence-electron chi connectivity index (χ4n) is 1.57. The lowest BCUT2D eigenvalue weighted by atomic mass is 10.2. The Labute approximate surface area is 113 Å². The number of ether oxygens (including phenoxy) is 1. The quantitative estimate of drug-likeness (QED) is 0.819. The Morgan fingerprint density at radius 1 is 1.47 bits per heavy atom. The number of thiazole rings is 1. The first-order valence-electron chi connectivity index (χ1n) is 5.61. The van der Waals surface area contributed by atoms with Crippen LogP contribution in [0.15, 0.2) is 18.2 Å². The number of nitrogen functional groups attached to an aromatic ring is 1. The normalized spacial score (nSPS) is 10.4. The van der Waals surface area contributed by atoms with Gasteiger partial charge in [-0.15, -0.1) is 0 Å². The highest BCUT2D eigenvalue weighted by atomic mass is 32.1. The highest BCUT2D eigenvalue weighted by Gasteiger charge is 2.09. The Balaban J connectivity index is 2.02. The van der Waals surface area contributed by atoms with Crippen molar-refractivity contribution in [3.63, 3.8) is 0 Å². The average Bonchev–Trinajstić information content (AvgIpc) is 2.77. The predicted octanol–water partition coefficient (Wildman–Crippen LogP) is 1.17. The van der Waals surface area contributed by atoms with Gasteiger partial charge in [-0.05, 0) is 18.2 Å². The van der Waals surface area contributed by atoms with Crippen molar-refractivity contribution in [3.8, 4) is 0 Å². The van der Waals surface area contributed by atoms with Gasteiger partial charge in [-0.3, -0.25) is 9.59 Å². The average molecular weight is 279 g/mol. The van der Waals surface area contributed by atoms with E-state index in [1.165, 1.54) is 18.4 Å². The molecule has 0 bridgehead atoms. The van der Waals surface area contributed by atoms with Gasteiger partial charge < -0.3 is 15.8 Å². The van der Waals surface area contributed by atoms with Crippen molar-refractivity contribution in [2.24, 2.45) is 0 Å². The van der Waals surface area contributed by atoms with E-state index in [1.807, 2.05) is 0 Å². The number of hydrogen-bond acceptors (Lipinski definition) is 6. The number of methoxy groups -OCH3 is 1. The topological polar surface area (TPSA) is 94.3 Å². The second kappa shape index (κ2) is 5.66. The molecular formula is C12H13N3O3S. The number of anilines is 1. The maximum Gasteiger partial charge on any atom is 0.307 e. The molecular weight excluding hydrogens is 266 g/mol. The lowest BCUT2D eigenvalue weighted by Gasteiger charge is -2.04. The summed E-state index contributed by atoms with van der Waals surface area (Å²) >= 11 is 1.33. The standard InChI is InChI=1S/C12H13N3O3S/c1-18-10(16)4-5-14-11(17)7-2-3-8-9(6-7)19-12(13)15-8/h2-3,6H,4-5H2,1H3,(H2,13,15)(H,14,17). The van der Waals surface area contributed by atoms with E-state index >= 15 is 0 Å². The Hall–Kier alpha value is -2.15. The van der Waals surface area contributed by atoms with Crippen LogP contribution in [0.5, 0.6) is 0 Å². The number of hydrogen-bond donors (Lipinski definition) is 2. The molecule has 100 valence electrons. The van der Waals surface area contributed by atoms with Crippen molar-refractivity contribution >= 4 is 38.6 Å². The largest absolute Gasteiger partial charge is 0.469 e. The van der Waals surface area contributed by atoms with Gasteiger partial charge in [0.05, 0.1) is 23.7 Å². The Morgan fingerprint density at radius 2 is 2.26 bits per heavy atom. The van der Waals surface area contributed by atoms with Crippen molar-refractivity contribution < 1.29 is 14.3 Å². The molecule has 0 unspecified atom stereocenters. The monoisotopic (exact) mass is 279 g/mol. The number of rotatable bonds is 4. The Morgan fingerprint density at radius 3 is 3.00 bits per heavy atom. The molecule has 2 rings (SSSR count). The van der Waals surface area contributed by atoms with Gasteiger partial charge in [0.25, 0.3) is 5.91 Å².